The molecule has 4 heteroatoms. The van der Waals surface area contributed by atoms with Gasteiger partial charge in [-0.1, -0.05) is 63.3 Å². The summed E-state index contributed by atoms with van der Waals surface area (Å²) in [6.45, 7) is 2.73. The number of nitrogens with two attached hydrogens (primary N) is 1. The van der Waals surface area contributed by atoms with E-state index in [1.807, 2.05) is 0 Å². The molecule has 1 aliphatic carbocycles. The van der Waals surface area contributed by atoms with E-state index in [0.717, 1.165) is 19.3 Å². The normalized spacial score (nSPS) is 24.2. The second kappa shape index (κ2) is 10.5. The lowest BCUT2D eigenvalue weighted by atomic mass is 9.92. The Morgan fingerprint density at radius 3 is 2.83 bits per heavy atom. The standard InChI is InChI=1S/C20H34NO2P/c1-2-3-4-5-6-7-9-17-10-8-11-18(14-17)19-12-13-20(21,15-19)16-23-24-22/h8,10-11,14,19,22,24H,2-7,9,12-13,15-16,21H2,1H3. The first kappa shape index (κ1) is 19.8. The summed E-state index contributed by atoms with van der Waals surface area (Å²) in [6.07, 6.45) is 12.3. The van der Waals surface area contributed by atoms with E-state index >= 15 is 0 Å². The zero-order chi connectivity index (χ0) is 17.3. The van der Waals surface area contributed by atoms with Gasteiger partial charge in [-0.25, -0.2) is 0 Å². The molecule has 0 bridgehead atoms. The maximum Gasteiger partial charge on any atom is 0.152 e. The number of aryl methyl sites for hydroxylation is 1. The number of rotatable bonds is 11. The maximum absolute atomic E-state index is 8.86. The number of hydrogen-bond donors (Lipinski definition) is 2. The Bertz CT molecular complexity index is 482. The van der Waals surface area contributed by atoms with Gasteiger partial charge in [-0.15, -0.1) is 0 Å². The quantitative estimate of drug-likeness (QED) is 0.432. The van der Waals surface area contributed by atoms with Crippen LogP contribution in [0.2, 0.25) is 0 Å². The largest absolute Gasteiger partial charge is 0.352 e. The van der Waals surface area contributed by atoms with E-state index in [4.69, 9.17) is 15.2 Å². The predicted octanol–water partition coefficient (Wildman–Crippen LogP) is 5.07. The molecule has 1 aromatic carbocycles. The molecule has 1 saturated carbocycles. The molecule has 3 nitrogen and oxygen atoms in total. The van der Waals surface area contributed by atoms with Gasteiger partial charge in [-0.2, -0.15) is 0 Å². The van der Waals surface area contributed by atoms with Crippen LogP contribution < -0.4 is 5.73 Å². The molecule has 3 atom stereocenters. The Hall–Kier alpha value is -0.470. The van der Waals surface area contributed by atoms with Crippen LogP contribution in [-0.2, 0) is 10.9 Å². The number of hydrogen-bond acceptors (Lipinski definition) is 3. The van der Waals surface area contributed by atoms with Gasteiger partial charge in [0.1, 0.15) is 0 Å². The smallest absolute Gasteiger partial charge is 0.152 e. The van der Waals surface area contributed by atoms with Gasteiger partial charge in [0.05, 0.1) is 6.61 Å². The monoisotopic (exact) mass is 351 g/mol. The summed E-state index contributed by atoms with van der Waals surface area (Å²) in [5.74, 6) is 0.533. The van der Waals surface area contributed by atoms with Crippen molar-refractivity contribution in [3.05, 3.63) is 35.4 Å². The van der Waals surface area contributed by atoms with Gasteiger partial charge in [-0.3, -0.25) is 0 Å². The minimum atomic E-state index is -0.459. The van der Waals surface area contributed by atoms with Gasteiger partial charge in [0.15, 0.2) is 9.03 Å². The second-order valence-corrected chi connectivity index (χ2v) is 7.92. The van der Waals surface area contributed by atoms with Crippen LogP contribution in [0.3, 0.4) is 0 Å². The number of unbranched alkanes of at least 4 members (excludes halogenated alkanes) is 5. The highest BCUT2D eigenvalue weighted by atomic mass is 31.1. The zero-order valence-corrected chi connectivity index (χ0v) is 16.1. The Labute approximate surface area is 149 Å². The van der Waals surface area contributed by atoms with E-state index < -0.39 is 9.03 Å². The molecule has 0 heterocycles. The summed E-state index contributed by atoms with van der Waals surface area (Å²) in [5.41, 5.74) is 9.04. The third kappa shape index (κ3) is 6.44. The van der Waals surface area contributed by atoms with E-state index in [2.05, 4.69) is 31.2 Å². The molecule has 24 heavy (non-hydrogen) atoms. The molecule has 0 radical (unpaired) electrons. The van der Waals surface area contributed by atoms with Crippen LogP contribution in [0.5, 0.6) is 0 Å². The average molecular weight is 351 g/mol. The van der Waals surface area contributed by atoms with Gasteiger partial charge in [-0.05, 0) is 49.1 Å². The lowest BCUT2D eigenvalue weighted by Crippen LogP contribution is -2.41. The van der Waals surface area contributed by atoms with Crippen LogP contribution in [0.15, 0.2) is 24.3 Å². The Kier molecular flexibility index (Phi) is 8.69. The summed E-state index contributed by atoms with van der Waals surface area (Å²) < 4.78 is 5.18. The average Bonchev–Trinajstić information content (AvgIpc) is 2.99. The second-order valence-electron chi connectivity index (χ2n) is 7.44. The minimum absolute atomic E-state index is 0.268. The Morgan fingerprint density at radius 2 is 2.04 bits per heavy atom. The molecular formula is C20H34NO2P. The topological polar surface area (TPSA) is 55.5 Å². The Balaban J connectivity index is 1.80. The summed E-state index contributed by atoms with van der Waals surface area (Å²) >= 11 is 0. The molecule has 0 amide bonds. The fourth-order valence-electron chi connectivity index (χ4n) is 3.86. The number of benzene rings is 1. The van der Waals surface area contributed by atoms with Crippen LogP contribution in [0.25, 0.3) is 0 Å². The van der Waals surface area contributed by atoms with Crippen molar-refractivity contribution in [2.45, 2.75) is 82.6 Å². The van der Waals surface area contributed by atoms with Gasteiger partial charge in [0.2, 0.25) is 0 Å². The molecule has 1 fully saturated rings. The van der Waals surface area contributed by atoms with Gasteiger partial charge < -0.3 is 15.2 Å². The SMILES string of the molecule is CCCCCCCCc1cccc(C2CCC(N)(COPO)C2)c1. The van der Waals surface area contributed by atoms with Crippen molar-refractivity contribution in [3.63, 3.8) is 0 Å². The molecule has 0 aliphatic heterocycles. The van der Waals surface area contributed by atoms with E-state index in [0.29, 0.717) is 12.5 Å². The fourth-order valence-corrected chi connectivity index (χ4v) is 4.21. The first-order chi connectivity index (χ1) is 11.7. The molecule has 3 unspecified atom stereocenters. The third-order valence-corrected chi connectivity index (χ3v) is 5.58. The highest BCUT2D eigenvalue weighted by molar-refractivity contribution is 7.24. The van der Waals surface area contributed by atoms with Crippen molar-refractivity contribution in [1.82, 2.24) is 0 Å². The first-order valence-corrected chi connectivity index (χ1v) is 10.4. The van der Waals surface area contributed by atoms with E-state index in [1.54, 1.807) is 0 Å². The van der Waals surface area contributed by atoms with Gasteiger partial charge in [0.25, 0.3) is 0 Å². The molecule has 2 rings (SSSR count). The van der Waals surface area contributed by atoms with Gasteiger partial charge in [0, 0.05) is 5.54 Å². The van der Waals surface area contributed by atoms with Crippen molar-refractivity contribution in [1.29, 1.82) is 0 Å². The van der Waals surface area contributed by atoms with Crippen molar-refractivity contribution >= 4 is 9.03 Å². The maximum atomic E-state index is 8.86. The molecule has 1 aromatic rings. The van der Waals surface area contributed by atoms with Crippen molar-refractivity contribution in [3.8, 4) is 0 Å². The van der Waals surface area contributed by atoms with Crippen molar-refractivity contribution < 1.29 is 9.42 Å². The minimum Gasteiger partial charge on any atom is -0.352 e. The van der Waals surface area contributed by atoms with Crippen LogP contribution in [0.4, 0.5) is 0 Å². The van der Waals surface area contributed by atoms with E-state index in [9.17, 15) is 0 Å². The third-order valence-electron chi connectivity index (χ3n) is 5.31. The lowest BCUT2D eigenvalue weighted by molar-refractivity contribution is 0.227. The van der Waals surface area contributed by atoms with Crippen LogP contribution in [-0.4, -0.2) is 17.0 Å². The molecule has 0 spiro atoms. The fraction of sp³-hybridized carbons (Fsp3) is 0.700. The van der Waals surface area contributed by atoms with E-state index in [-0.39, 0.29) is 5.54 Å². The van der Waals surface area contributed by atoms with Crippen molar-refractivity contribution in [2.24, 2.45) is 5.73 Å². The predicted molar refractivity (Wildman–Crippen MR) is 104 cm³/mol. The van der Waals surface area contributed by atoms with Crippen LogP contribution in [0.1, 0.15) is 81.8 Å². The summed E-state index contributed by atoms with van der Waals surface area (Å²) in [5, 5.41) is 0. The van der Waals surface area contributed by atoms with Crippen LogP contribution >= 0.6 is 9.03 Å². The molecule has 0 saturated heterocycles. The zero-order valence-electron chi connectivity index (χ0n) is 15.1. The first-order valence-electron chi connectivity index (χ1n) is 9.55. The van der Waals surface area contributed by atoms with Gasteiger partial charge >= 0.3 is 0 Å². The highest BCUT2D eigenvalue weighted by Crippen LogP contribution is 2.40. The Morgan fingerprint density at radius 1 is 1.25 bits per heavy atom. The molecule has 136 valence electrons. The van der Waals surface area contributed by atoms with Crippen molar-refractivity contribution in [2.75, 3.05) is 6.61 Å². The lowest BCUT2D eigenvalue weighted by Gasteiger charge is -2.23. The molecule has 0 aromatic heterocycles. The summed E-state index contributed by atoms with van der Waals surface area (Å²) in [6, 6.07) is 9.09. The molecule has 3 N–H and O–H groups in total. The molecular weight excluding hydrogens is 317 g/mol. The highest BCUT2D eigenvalue weighted by Gasteiger charge is 2.36. The summed E-state index contributed by atoms with van der Waals surface area (Å²) in [7, 11) is -0.459. The summed E-state index contributed by atoms with van der Waals surface area (Å²) in [4.78, 5) is 8.86. The van der Waals surface area contributed by atoms with Crippen LogP contribution in [0, 0.1) is 0 Å². The van der Waals surface area contributed by atoms with E-state index in [1.165, 1.54) is 56.1 Å². The molecule has 1 aliphatic rings.